The molecule has 0 aromatic carbocycles. The number of esters is 1. The standard InChI is InChI=1S/C19H20N4O5S/c1-10-8-16(23-27-10)21-17(24)13(4)26-19(25)14-6-5-7-20-18(14)29-9-15-11(2)22-28-12(15)3/h5-8,13H,9H2,1-4H3,(H,21,23,24)/t13-/m1/s1. The Balaban J connectivity index is 1.65. The molecule has 0 unspecified atom stereocenters. The molecule has 0 saturated carbocycles. The maximum atomic E-state index is 12.6. The van der Waals surface area contributed by atoms with Gasteiger partial charge in [-0.2, -0.15) is 0 Å². The van der Waals surface area contributed by atoms with Gasteiger partial charge in [0, 0.05) is 23.6 Å². The molecule has 0 spiro atoms. The zero-order chi connectivity index (χ0) is 21.0. The quantitative estimate of drug-likeness (QED) is 0.456. The highest BCUT2D eigenvalue weighted by Crippen LogP contribution is 2.27. The summed E-state index contributed by atoms with van der Waals surface area (Å²) >= 11 is 1.37. The maximum Gasteiger partial charge on any atom is 0.341 e. The van der Waals surface area contributed by atoms with Crippen LogP contribution in [0.5, 0.6) is 0 Å². The van der Waals surface area contributed by atoms with Crippen LogP contribution in [0.2, 0.25) is 0 Å². The third-order valence-corrected chi connectivity index (χ3v) is 5.09. The fourth-order valence-electron chi connectivity index (χ4n) is 2.44. The maximum absolute atomic E-state index is 12.6. The third-order valence-electron chi connectivity index (χ3n) is 4.06. The van der Waals surface area contributed by atoms with Crippen molar-refractivity contribution in [3.8, 4) is 0 Å². The van der Waals surface area contributed by atoms with E-state index < -0.39 is 18.0 Å². The van der Waals surface area contributed by atoms with E-state index in [9.17, 15) is 9.59 Å². The van der Waals surface area contributed by atoms with Gasteiger partial charge in [-0.25, -0.2) is 9.78 Å². The molecule has 1 N–H and O–H groups in total. The average Bonchev–Trinajstić information content (AvgIpc) is 3.25. The molecule has 152 valence electrons. The average molecular weight is 416 g/mol. The van der Waals surface area contributed by atoms with Crippen LogP contribution in [-0.2, 0) is 15.3 Å². The van der Waals surface area contributed by atoms with E-state index >= 15 is 0 Å². The van der Waals surface area contributed by atoms with E-state index in [-0.39, 0.29) is 11.4 Å². The van der Waals surface area contributed by atoms with Crippen molar-refractivity contribution in [1.82, 2.24) is 15.3 Å². The van der Waals surface area contributed by atoms with Gasteiger partial charge in [-0.1, -0.05) is 10.3 Å². The number of nitrogens with zero attached hydrogens (tertiary/aromatic N) is 3. The number of hydrogen-bond donors (Lipinski definition) is 1. The molecule has 3 rings (SSSR count). The molecule has 9 nitrogen and oxygen atoms in total. The number of aromatic nitrogens is 3. The van der Waals surface area contributed by atoms with Gasteiger partial charge in [0.15, 0.2) is 11.9 Å². The summed E-state index contributed by atoms with van der Waals surface area (Å²) in [5.41, 5.74) is 2.03. The number of pyridine rings is 1. The number of thioether (sulfide) groups is 1. The minimum atomic E-state index is -1.03. The van der Waals surface area contributed by atoms with E-state index in [4.69, 9.17) is 13.8 Å². The molecule has 1 amide bonds. The number of aryl methyl sites for hydroxylation is 3. The predicted octanol–water partition coefficient (Wildman–Crippen LogP) is 3.46. The van der Waals surface area contributed by atoms with E-state index in [1.807, 2.05) is 13.8 Å². The lowest BCUT2D eigenvalue weighted by atomic mass is 10.2. The Kier molecular flexibility index (Phi) is 6.32. The van der Waals surface area contributed by atoms with Crippen LogP contribution >= 0.6 is 11.8 Å². The van der Waals surface area contributed by atoms with Crippen molar-refractivity contribution in [3.05, 3.63) is 52.7 Å². The van der Waals surface area contributed by atoms with E-state index in [1.54, 1.807) is 31.3 Å². The lowest BCUT2D eigenvalue weighted by Crippen LogP contribution is -2.30. The fraction of sp³-hybridized carbons (Fsp3) is 0.316. The van der Waals surface area contributed by atoms with Gasteiger partial charge in [0.05, 0.1) is 11.3 Å². The zero-order valence-corrected chi connectivity index (χ0v) is 17.2. The SMILES string of the molecule is Cc1cc(NC(=O)[C@@H](C)OC(=O)c2cccnc2SCc2c(C)noc2C)no1. The number of amides is 1. The minimum absolute atomic E-state index is 0.257. The number of rotatable bonds is 7. The normalized spacial score (nSPS) is 11.9. The molecular formula is C19H20N4O5S. The summed E-state index contributed by atoms with van der Waals surface area (Å²) in [4.78, 5) is 29.1. The van der Waals surface area contributed by atoms with Crippen LogP contribution in [-0.4, -0.2) is 33.3 Å². The van der Waals surface area contributed by atoms with Gasteiger partial charge in [0.25, 0.3) is 5.91 Å². The first kappa shape index (κ1) is 20.6. The summed E-state index contributed by atoms with van der Waals surface area (Å²) in [6, 6.07) is 4.81. The summed E-state index contributed by atoms with van der Waals surface area (Å²) in [7, 11) is 0. The lowest BCUT2D eigenvalue weighted by Gasteiger charge is -2.13. The number of ether oxygens (including phenoxy) is 1. The van der Waals surface area contributed by atoms with Gasteiger partial charge >= 0.3 is 5.97 Å². The van der Waals surface area contributed by atoms with E-state index in [2.05, 4.69) is 20.6 Å². The molecule has 10 heteroatoms. The first-order chi connectivity index (χ1) is 13.8. The second kappa shape index (κ2) is 8.91. The predicted molar refractivity (Wildman–Crippen MR) is 105 cm³/mol. The Morgan fingerprint density at radius 1 is 1.24 bits per heavy atom. The molecule has 3 heterocycles. The summed E-state index contributed by atoms with van der Waals surface area (Å²) in [5, 5.41) is 10.6. The Bertz CT molecular complexity index is 1010. The van der Waals surface area contributed by atoms with Crippen LogP contribution in [0.15, 0.2) is 38.5 Å². The number of carbonyl (C=O) groups excluding carboxylic acids is 2. The lowest BCUT2D eigenvalue weighted by molar-refractivity contribution is -0.123. The molecule has 0 bridgehead atoms. The van der Waals surface area contributed by atoms with Crippen LogP contribution in [0.25, 0.3) is 0 Å². The minimum Gasteiger partial charge on any atom is -0.449 e. The smallest absolute Gasteiger partial charge is 0.341 e. The van der Waals surface area contributed by atoms with Crippen LogP contribution < -0.4 is 5.32 Å². The topological polar surface area (TPSA) is 120 Å². The summed E-state index contributed by atoms with van der Waals surface area (Å²) in [6.07, 6.45) is 0.565. The van der Waals surface area contributed by atoms with Gasteiger partial charge in [0.2, 0.25) is 0 Å². The van der Waals surface area contributed by atoms with Crippen molar-refractivity contribution in [2.24, 2.45) is 0 Å². The zero-order valence-electron chi connectivity index (χ0n) is 16.4. The van der Waals surface area contributed by atoms with Crippen molar-refractivity contribution in [1.29, 1.82) is 0 Å². The second-order valence-electron chi connectivity index (χ2n) is 6.31. The second-order valence-corrected chi connectivity index (χ2v) is 7.27. The number of anilines is 1. The highest BCUT2D eigenvalue weighted by Gasteiger charge is 2.23. The Hall–Kier alpha value is -3.14. The molecule has 0 aliphatic carbocycles. The molecule has 0 radical (unpaired) electrons. The summed E-state index contributed by atoms with van der Waals surface area (Å²) in [5.74, 6) is 0.926. The van der Waals surface area contributed by atoms with E-state index in [0.29, 0.717) is 16.5 Å². The Morgan fingerprint density at radius 2 is 2.03 bits per heavy atom. The first-order valence-electron chi connectivity index (χ1n) is 8.80. The van der Waals surface area contributed by atoms with Crippen molar-refractivity contribution in [2.45, 2.75) is 44.6 Å². The van der Waals surface area contributed by atoms with Gasteiger partial charge < -0.3 is 19.1 Å². The number of nitrogens with one attached hydrogen (secondary N) is 1. The number of hydrogen-bond acceptors (Lipinski definition) is 9. The molecule has 1 atom stereocenters. The van der Waals surface area contributed by atoms with Crippen LogP contribution in [0.4, 0.5) is 5.82 Å². The molecule has 0 aliphatic rings. The molecule has 29 heavy (non-hydrogen) atoms. The highest BCUT2D eigenvalue weighted by molar-refractivity contribution is 7.98. The van der Waals surface area contributed by atoms with E-state index in [1.165, 1.54) is 18.7 Å². The third kappa shape index (κ3) is 5.02. The molecule has 3 aromatic rings. The molecule has 0 saturated heterocycles. The molecular weight excluding hydrogens is 396 g/mol. The van der Waals surface area contributed by atoms with Crippen molar-refractivity contribution in [3.63, 3.8) is 0 Å². The highest BCUT2D eigenvalue weighted by atomic mass is 32.2. The van der Waals surface area contributed by atoms with Crippen molar-refractivity contribution < 1.29 is 23.4 Å². The Morgan fingerprint density at radius 3 is 2.69 bits per heavy atom. The number of carbonyl (C=O) groups is 2. The van der Waals surface area contributed by atoms with Gasteiger partial charge in [0.1, 0.15) is 16.5 Å². The first-order valence-corrected chi connectivity index (χ1v) is 9.78. The van der Waals surface area contributed by atoms with Crippen LogP contribution in [0.3, 0.4) is 0 Å². The van der Waals surface area contributed by atoms with Gasteiger partial charge in [-0.15, -0.1) is 11.8 Å². The van der Waals surface area contributed by atoms with E-state index in [0.717, 1.165) is 17.0 Å². The fourth-order valence-corrected chi connectivity index (χ4v) is 3.58. The van der Waals surface area contributed by atoms with Crippen LogP contribution in [0, 0.1) is 20.8 Å². The molecule has 0 aliphatic heterocycles. The summed E-state index contributed by atoms with van der Waals surface area (Å²) < 4.78 is 15.4. The van der Waals surface area contributed by atoms with Gasteiger partial charge in [-0.05, 0) is 39.8 Å². The van der Waals surface area contributed by atoms with Crippen molar-refractivity contribution >= 4 is 29.5 Å². The summed E-state index contributed by atoms with van der Waals surface area (Å²) in [6.45, 7) is 6.88. The molecule has 0 fully saturated rings. The van der Waals surface area contributed by atoms with Gasteiger partial charge in [-0.3, -0.25) is 4.79 Å². The Labute approximate surface area is 171 Å². The van der Waals surface area contributed by atoms with Crippen LogP contribution in [0.1, 0.15) is 40.1 Å². The largest absolute Gasteiger partial charge is 0.449 e. The monoisotopic (exact) mass is 416 g/mol. The molecule has 3 aromatic heterocycles. The van der Waals surface area contributed by atoms with Crippen molar-refractivity contribution in [2.75, 3.05) is 5.32 Å².